The van der Waals surface area contributed by atoms with Crippen LogP contribution in [-0.2, 0) is 6.61 Å². The van der Waals surface area contributed by atoms with Crippen molar-refractivity contribution in [2.24, 2.45) is 0 Å². The van der Waals surface area contributed by atoms with E-state index < -0.39 is 0 Å². The first kappa shape index (κ1) is 21.2. The van der Waals surface area contributed by atoms with E-state index in [0.29, 0.717) is 23.7 Å². The van der Waals surface area contributed by atoms with Gasteiger partial charge >= 0.3 is 0 Å². The van der Waals surface area contributed by atoms with Gasteiger partial charge in [0.25, 0.3) is 0 Å². The maximum absolute atomic E-state index is 9.60. The van der Waals surface area contributed by atoms with E-state index >= 15 is 0 Å². The number of aryl methyl sites for hydroxylation is 1. The Morgan fingerprint density at radius 3 is 2.34 bits per heavy atom. The number of benzene rings is 3. The third kappa shape index (κ3) is 5.50. The number of ether oxygens (including phenoxy) is 2. The standard InChI is InChI=1S/C24H19Br2NO2/c1-16-3-7-19(8-4-16)20(14-27)11-18-12-22(26)24(23(13-18)28-2)29-15-17-5-9-21(25)10-6-17/h3-13H,15H2,1-2H3/b20-11+. The lowest BCUT2D eigenvalue weighted by atomic mass is 10.0. The van der Waals surface area contributed by atoms with Crippen molar-refractivity contribution in [3.63, 3.8) is 0 Å². The summed E-state index contributed by atoms with van der Waals surface area (Å²) in [5, 5.41) is 9.60. The maximum Gasteiger partial charge on any atom is 0.175 e. The van der Waals surface area contributed by atoms with Crippen molar-refractivity contribution in [3.8, 4) is 17.6 Å². The lowest BCUT2D eigenvalue weighted by Gasteiger charge is -2.14. The molecule has 0 heterocycles. The molecule has 0 aliphatic carbocycles. The summed E-state index contributed by atoms with van der Waals surface area (Å²) in [5.74, 6) is 1.23. The molecule has 0 spiro atoms. The average molecular weight is 513 g/mol. The van der Waals surface area contributed by atoms with Crippen LogP contribution in [0.2, 0.25) is 0 Å². The Bertz CT molecular complexity index is 1070. The first-order valence-corrected chi connectivity index (χ1v) is 10.5. The molecule has 0 aliphatic heterocycles. The van der Waals surface area contributed by atoms with Crippen LogP contribution in [0, 0.1) is 18.3 Å². The lowest BCUT2D eigenvalue weighted by Crippen LogP contribution is -1.99. The molecule has 0 radical (unpaired) electrons. The van der Waals surface area contributed by atoms with Crippen LogP contribution < -0.4 is 9.47 Å². The molecule has 3 rings (SSSR count). The van der Waals surface area contributed by atoms with Crippen LogP contribution in [0.25, 0.3) is 11.6 Å². The number of rotatable bonds is 6. The first-order valence-electron chi connectivity index (χ1n) is 8.94. The molecule has 146 valence electrons. The fraction of sp³-hybridized carbons (Fsp3) is 0.125. The number of hydrogen-bond acceptors (Lipinski definition) is 3. The normalized spacial score (nSPS) is 11.1. The van der Waals surface area contributed by atoms with Gasteiger partial charge in [-0.05, 0) is 69.9 Å². The van der Waals surface area contributed by atoms with Gasteiger partial charge in [-0.3, -0.25) is 0 Å². The van der Waals surface area contributed by atoms with E-state index in [0.717, 1.165) is 31.2 Å². The number of methoxy groups -OCH3 is 1. The molecule has 0 amide bonds. The van der Waals surface area contributed by atoms with E-state index in [1.54, 1.807) is 7.11 Å². The highest BCUT2D eigenvalue weighted by atomic mass is 79.9. The van der Waals surface area contributed by atoms with Gasteiger partial charge in [0, 0.05) is 4.47 Å². The van der Waals surface area contributed by atoms with Crippen molar-refractivity contribution < 1.29 is 9.47 Å². The van der Waals surface area contributed by atoms with Crippen molar-refractivity contribution in [3.05, 3.63) is 91.9 Å². The number of allylic oxidation sites excluding steroid dienone is 1. The summed E-state index contributed by atoms with van der Waals surface area (Å²) in [4.78, 5) is 0. The van der Waals surface area contributed by atoms with Crippen LogP contribution in [0.5, 0.6) is 11.5 Å². The van der Waals surface area contributed by atoms with Crippen LogP contribution in [0.1, 0.15) is 22.3 Å². The van der Waals surface area contributed by atoms with E-state index in [1.807, 2.05) is 73.7 Å². The third-order valence-corrected chi connectivity index (χ3v) is 5.46. The van der Waals surface area contributed by atoms with Gasteiger partial charge in [-0.2, -0.15) is 5.26 Å². The van der Waals surface area contributed by atoms with Crippen molar-refractivity contribution in [1.82, 2.24) is 0 Å². The summed E-state index contributed by atoms with van der Waals surface area (Å²) < 4.78 is 13.3. The highest BCUT2D eigenvalue weighted by molar-refractivity contribution is 9.10. The summed E-state index contributed by atoms with van der Waals surface area (Å²) in [5.41, 5.74) is 4.52. The fourth-order valence-electron chi connectivity index (χ4n) is 2.78. The Labute approximate surface area is 187 Å². The van der Waals surface area contributed by atoms with Crippen LogP contribution in [0.4, 0.5) is 0 Å². The van der Waals surface area contributed by atoms with E-state index in [1.165, 1.54) is 0 Å². The molecule has 0 saturated heterocycles. The van der Waals surface area contributed by atoms with E-state index in [-0.39, 0.29) is 0 Å². The number of nitrogens with zero attached hydrogens (tertiary/aromatic N) is 1. The highest BCUT2D eigenvalue weighted by Gasteiger charge is 2.12. The van der Waals surface area contributed by atoms with Gasteiger partial charge in [0.15, 0.2) is 11.5 Å². The second kappa shape index (κ2) is 9.78. The zero-order valence-electron chi connectivity index (χ0n) is 16.1. The molecule has 3 nitrogen and oxygen atoms in total. The van der Waals surface area contributed by atoms with Gasteiger partial charge < -0.3 is 9.47 Å². The Kier molecular flexibility index (Phi) is 7.13. The molecule has 0 atom stereocenters. The summed E-state index contributed by atoms with van der Waals surface area (Å²) in [7, 11) is 1.60. The molecule has 3 aromatic rings. The maximum atomic E-state index is 9.60. The topological polar surface area (TPSA) is 42.2 Å². The minimum absolute atomic E-state index is 0.421. The molecule has 29 heavy (non-hydrogen) atoms. The van der Waals surface area contributed by atoms with Crippen molar-refractivity contribution >= 4 is 43.5 Å². The Morgan fingerprint density at radius 2 is 1.72 bits per heavy atom. The van der Waals surface area contributed by atoms with E-state index in [2.05, 4.69) is 37.9 Å². The second-order valence-corrected chi connectivity index (χ2v) is 8.26. The monoisotopic (exact) mass is 511 g/mol. The van der Waals surface area contributed by atoms with Crippen LogP contribution in [0.15, 0.2) is 69.6 Å². The molecule has 0 bridgehead atoms. The van der Waals surface area contributed by atoms with Crippen molar-refractivity contribution in [2.45, 2.75) is 13.5 Å². The largest absolute Gasteiger partial charge is 0.493 e. The molecule has 0 aromatic heterocycles. The first-order chi connectivity index (χ1) is 14.0. The van der Waals surface area contributed by atoms with Crippen LogP contribution >= 0.6 is 31.9 Å². The van der Waals surface area contributed by atoms with E-state index in [4.69, 9.17) is 9.47 Å². The predicted octanol–water partition coefficient (Wildman–Crippen LogP) is 7.17. The Balaban J connectivity index is 1.88. The van der Waals surface area contributed by atoms with Gasteiger partial charge in [-0.25, -0.2) is 0 Å². The predicted molar refractivity (Wildman–Crippen MR) is 124 cm³/mol. The summed E-state index contributed by atoms with van der Waals surface area (Å²) >= 11 is 7.01. The van der Waals surface area contributed by atoms with Gasteiger partial charge in [0.05, 0.1) is 23.2 Å². The molecular formula is C24H19Br2NO2. The summed E-state index contributed by atoms with van der Waals surface area (Å²) in [6.07, 6.45) is 1.84. The molecule has 5 heteroatoms. The Morgan fingerprint density at radius 1 is 1.03 bits per heavy atom. The zero-order chi connectivity index (χ0) is 20.8. The second-order valence-electron chi connectivity index (χ2n) is 6.49. The van der Waals surface area contributed by atoms with Gasteiger partial charge in [0.2, 0.25) is 0 Å². The number of hydrogen-bond donors (Lipinski definition) is 0. The van der Waals surface area contributed by atoms with Crippen molar-refractivity contribution in [2.75, 3.05) is 7.11 Å². The fourth-order valence-corrected chi connectivity index (χ4v) is 3.62. The third-order valence-electron chi connectivity index (χ3n) is 4.34. The van der Waals surface area contributed by atoms with Crippen LogP contribution in [0.3, 0.4) is 0 Å². The van der Waals surface area contributed by atoms with Crippen molar-refractivity contribution in [1.29, 1.82) is 5.26 Å². The molecule has 0 fully saturated rings. The van der Waals surface area contributed by atoms with Gasteiger partial charge in [-0.15, -0.1) is 0 Å². The SMILES string of the molecule is COc1cc(/C=C(\C#N)c2ccc(C)cc2)cc(Br)c1OCc1ccc(Br)cc1. The smallest absolute Gasteiger partial charge is 0.175 e. The number of nitriles is 1. The quantitative estimate of drug-likeness (QED) is 0.259. The van der Waals surface area contributed by atoms with Gasteiger partial charge in [-0.1, -0.05) is 57.9 Å². The molecule has 3 aromatic carbocycles. The minimum atomic E-state index is 0.421. The lowest BCUT2D eigenvalue weighted by molar-refractivity contribution is 0.282. The zero-order valence-corrected chi connectivity index (χ0v) is 19.2. The van der Waals surface area contributed by atoms with Gasteiger partial charge in [0.1, 0.15) is 6.61 Å². The average Bonchev–Trinajstić information content (AvgIpc) is 2.72. The van der Waals surface area contributed by atoms with Crippen LogP contribution in [-0.4, -0.2) is 7.11 Å². The molecule has 0 aliphatic rings. The number of halogens is 2. The molecule has 0 saturated carbocycles. The minimum Gasteiger partial charge on any atom is -0.493 e. The summed E-state index contributed by atoms with van der Waals surface area (Å²) in [6, 6.07) is 21.9. The highest BCUT2D eigenvalue weighted by Crippen LogP contribution is 2.38. The Hall–Kier alpha value is -2.55. The molecular weight excluding hydrogens is 494 g/mol. The summed E-state index contributed by atoms with van der Waals surface area (Å²) in [6.45, 7) is 2.44. The van der Waals surface area contributed by atoms with E-state index in [9.17, 15) is 5.26 Å². The molecule has 0 unspecified atom stereocenters. The molecule has 0 N–H and O–H groups in total.